The van der Waals surface area contributed by atoms with Crippen molar-refractivity contribution in [2.75, 3.05) is 0 Å². The summed E-state index contributed by atoms with van der Waals surface area (Å²) in [5, 5.41) is 0.557. The predicted molar refractivity (Wildman–Crippen MR) is 74.7 cm³/mol. The second-order valence-corrected chi connectivity index (χ2v) is 4.89. The van der Waals surface area contributed by atoms with E-state index in [1.165, 1.54) is 19.3 Å². The largest absolute Gasteiger partial charge is 0.337 e. The Balaban J connectivity index is 2.11. The standard InChI is InChI=1S/C14H18ClN3/c1-3-4-5-6-18-9-13(17-10-18)12-7-11(2)14(15)16-8-12/h7-10H,3-6H2,1-2H3. The number of aryl methyl sites for hydroxylation is 2. The summed E-state index contributed by atoms with van der Waals surface area (Å²) < 4.78 is 2.13. The Kier molecular flexibility index (Phi) is 4.37. The topological polar surface area (TPSA) is 30.7 Å². The van der Waals surface area contributed by atoms with Gasteiger partial charge < -0.3 is 4.57 Å². The molecule has 0 spiro atoms. The van der Waals surface area contributed by atoms with Crippen LogP contribution in [-0.2, 0) is 6.54 Å². The van der Waals surface area contributed by atoms with E-state index in [1.807, 2.05) is 19.3 Å². The molecule has 0 aliphatic rings. The van der Waals surface area contributed by atoms with Gasteiger partial charge in [-0.05, 0) is 25.0 Å². The Labute approximate surface area is 113 Å². The summed E-state index contributed by atoms with van der Waals surface area (Å²) in [6.07, 6.45) is 9.42. The molecule has 0 radical (unpaired) electrons. The molecule has 0 fully saturated rings. The lowest BCUT2D eigenvalue weighted by Gasteiger charge is -2.01. The van der Waals surface area contributed by atoms with Crippen LogP contribution >= 0.6 is 11.6 Å². The zero-order chi connectivity index (χ0) is 13.0. The number of aromatic nitrogens is 3. The minimum Gasteiger partial charge on any atom is -0.337 e. The average molecular weight is 264 g/mol. The summed E-state index contributed by atoms with van der Waals surface area (Å²) in [6.45, 7) is 5.19. The number of hydrogen-bond donors (Lipinski definition) is 0. The molecule has 0 atom stereocenters. The molecule has 18 heavy (non-hydrogen) atoms. The summed E-state index contributed by atoms with van der Waals surface area (Å²) in [4.78, 5) is 8.57. The van der Waals surface area contributed by atoms with Crippen molar-refractivity contribution in [1.82, 2.24) is 14.5 Å². The maximum Gasteiger partial charge on any atom is 0.131 e. The molecule has 0 unspecified atom stereocenters. The van der Waals surface area contributed by atoms with Crippen molar-refractivity contribution in [1.29, 1.82) is 0 Å². The first-order valence-corrected chi connectivity index (χ1v) is 6.72. The molecule has 0 saturated carbocycles. The molecule has 0 amide bonds. The monoisotopic (exact) mass is 263 g/mol. The van der Waals surface area contributed by atoms with Gasteiger partial charge >= 0.3 is 0 Å². The molecule has 2 heterocycles. The Hall–Kier alpha value is -1.35. The first-order chi connectivity index (χ1) is 8.70. The number of unbranched alkanes of at least 4 members (excludes halogenated alkanes) is 2. The molecule has 3 nitrogen and oxygen atoms in total. The van der Waals surface area contributed by atoms with Crippen LogP contribution in [-0.4, -0.2) is 14.5 Å². The van der Waals surface area contributed by atoms with Crippen molar-refractivity contribution in [3.05, 3.63) is 35.5 Å². The molecule has 0 aliphatic carbocycles. The molecule has 0 aromatic carbocycles. The average Bonchev–Trinajstić information content (AvgIpc) is 2.82. The predicted octanol–water partition coefficient (Wildman–Crippen LogP) is 4.10. The van der Waals surface area contributed by atoms with E-state index in [0.717, 1.165) is 23.4 Å². The zero-order valence-corrected chi connectivity index (χ0v) is 11.6. The van der Waals surface area contributed by atoms with Crippen LogP contribution in [0.25, 0.3) is 11.3 Å². The number of halogens is 1. The normalized spacial score (nSPS) is 10.8. The van der Waals surface area contributed by atoms with E-state index in [2.05, 4.69) is 27.7 Å². The molecule has 2 rings (SSSR count). The highest BCUT2D eigenvalue weighted by Crippen LogP contribution is 2.21. The van der Waals surface area contributed by atoms with Gasteiger partial charge in [0.05, 0.1) is 12.0 Å². The molecular formula is C14H18ClN3. The molecule has 0 aliphatic heterocycles. The molecule has 0 saturated heterocycles. The van der Waals surface area contributed by atoms with Crippen molar-refractivity contribution >= 4 is 11.6 Å². The lowest BCUT2D eigenvalue weighted by molar-refractivity contribution is 0.602. The first-order valence-electron chi connectivity index (χ1n) is 6.35. The van der Waals surface area contributed by atoms with Crippen LogP contribution in [0, 0.1) is 6.92 Å². The third-order valence-corrected chi connectivity index (χ3v) is 3.36. The second-order valence-electron chi connectivity index (χ2n) is 4.54. The van der Waals surface area contributed by atoms with Crippen LogP contribution in [0.5, 0.6) is 0 Å². The number of pyridine rings is 1. The minimum absolute atomic E-state index is 0.557. The fraction of sp³-hybridized carbons (Fsp3) is 0.429. The molecule has 0 bridgehead atoms. The van der Waals surface area contributed by atoms with Gasteiger partial charge in [0.15, 0.2) is 0 Å². The third-order valence-electron chi connectivity index (χ3n) is 2.96. The minimum atomic E-state index is 0.557. The molecular weight excluding hydrogens is 246 g/mol. The molecule has 2 aromatic heterocycles. The van der Waals surface area contributed by atoms with Gasteiger partial charge in [-0.25, -0.2) is 9.97 Å². The number of hydrogen-bond acceptors (Lipinski definition) is 2. The summed E-state index contributed by atoms with van der Waals surface area (Å²) >= 11 is 5.92. The van der Waals surface area contributed by atoms with Gasteiger partial charge in [0.2, 0.25) is 0 Å². The van der Waals surface area contributed by atoms with Crippen molar-refractivity contribution in [3.63, 3.8) is 0 Å². The summed E-state index contributed by atoms with van der Waals surface area (Å²) in [6, 6.07) is 2.02. The highest BCUT2D eigenvalue weighted by Gasteiger charge is 2.05. The van der Waals surface area contributed by atoms with Gasteiger partial charge in [0.1, 0.15) is 5.15 Å². The van der Waals surface area contributed by atoms with Crippen molar-refractivity contribution in [2.24, 2.45) is 0 Å². The summed E-state index contributed by atoms with van der Waals surface area (Å²) in [7, 11) is 0. The SMILES string of the molecule is CCCCCn1cnc(-c2cnc(Cl)c(C)c2)c1. The van der Waals surface area contributed by atoms with Gasteiger partial charge in [-0.15, -0.1) is 0 Å². The fourth-order valence-corrected chi connectivity index (χ4v) is 1.98. The molecule has 96 valence electrons. The Morgan fingerprint density at radius 3 is 2.83 bits per heavy atom. The molecule has 0 N–H and O–H groups in total. The quantitative estimate of drug-likeness (QED) is 0.601. The van der Waals surface area contributed by atoms with Crippen molar-refractivity contribution in [2.45, 2.75) is 39.7 Å². The van der Waals surface area contributed by atoms with E-state index < -0.39 is 0 Å². The lowest BCUT2D eigenvalue weighted by Crippen LogP contribution is -1.93. The summed E-state index contributed by atoms with van der Waals surface area (Å²) in [5.74, 6) is 0. The van der Waals surface area contributed by atoms with Gasteiger partial charge in [0.25, 0.3) is 0 Å². The van der Waals surface area contributed by atoms with Gasteiger partial charge in [-0.1, -0.05) is 31.4 Å². The molecule has 2 aromatic rings. The highest BCUT2D eigenvalue weighted by molar-refractivity contribution is 6.30. The van der Waals surface area contributed by atoms with Crippen molar-refractivity contribution < 1.29 is 0 Å². The van der Waals surface area contributed by atoms with Crippen LogP contribution in [0.1, 0.15) is 31.7 Å². The van der Waals surface area contributed by atoms with E-state index in [1.54, 1.807) is 6.20 Å². The zero-order valence-electron chi connectivity index (χ0n) is 10.9. The van der Waals surface area contributed by atoms with Gasteiger partial charge in [-0.3, -0.25) is 0 Å². The maximum atomic E-state index is 5.92. The van der Waals surface area contributed by atoms with Gasteiger partial charge in [0, 0.05) is 24.5 Å². The van der Waals surface area contributed by atoms with E-state index >= 15 is 0 Å². The number of nitrogens with zero attached hydrogens (tertiary/aromatic N) is 3. The van der Waals surface area contributed by atoms with Crippen LogP contribution in [0.2, 0.25) is 5.15 Å². The van der Waals surface area contributed by atoms with E-state index in [0.29, 0.717) is 5.15 Å². The van der Waals surface area contributed by atoms with Crippen LogP contribution in [0.4, 0.5) is 0 Å². The van der Waals surface area contributed by atoms with Gasteiger partial charge in [-0.2, -0.15) is 0 Å². The number of rotatable bonds is 5. The van der Waals surface area contributed by atoms with Crippen LogP contribution in [0.15, 0.2) is 24.8 Å². The summed E-state index contributed by atoms with van der Waals surface area (Å²) in [5.41, 5.74) is 2.96. The van der Waals surface area contributed by atoms with E-state index in [4.69, 9.17) is 11.6 Å². The van der Waals surface area contributed by atoms with E-state index in [9.17, 15) is 0 Å². The first kappa shape index (κ1) is 13.1. The number of imidazole rings is 1. The molecule has 4 heteroatoms. The smallest absolute Gasteiger partial charge is 0.131 e. The van der Waals surface area contributed by atoms with Crippen LogP contribution in [0.3, 0.4) is 0 Å². The highest BCUT2D eigenvalue weighted by atomic mass is 35.5. The Morgan fingerprint density at radius 1 is 1.28 bits per heavy atom. The fourth-order valence-electron chi connectivity index (χ4n) is 1.87. The third kappa shape index (κ3) is 3.10. The van der Waals surface area contributed by atoms with Crippen molar-refractivity contribution in [3.8, 4) is 11.3 Å². The lowest BCUT2D eigenvalue weighted by atomic mass is 10.2. The Bertz CT molecular complexity index is 520. The second kappa shape index (κ2) is 6.01. The Morgan fingerprint density at radius 2 is 2.11 bits per heavy atom. The maximum absolute atomic E-state index is 5.92. The van der Waals surface area contributed by atoms with Crippen LogP contribution < -0.4 is 0 Å². The van der Waals surface area contributed by atoms with E-state index in [-0.39, 0.29) is 0 Å².